The number of amides is 1. The molecule has 0 atom stereocenters. The third-order valence-electron chi connectivity index (χ3n) is 5.32. The van der Waals surface area contributed by atoms with Crippen molar-refractivity contribution >= 4 is 33.3 Å². The van der Waals surface area contributed by atoms with Gasteiger partial charge in [-0.25, -0.2) is 4.98 Å². The molecule has 2 heterocycles. The topological polar surface area (TPSA) is 64.4 Å². The number of furan rings is 1. The Labute approximate surface area is 172 Å². The lowest BCUT2D eigenvalue weighted by Crippen LogP contribution is -2.13. The number of rotatable bonds is 4. The maximum Gasteiger partial charge on any atom is 0.257 e. The fraction of sp³-hybridized carbons (Fsp3) is 0.217. The molecule has 2 aromatic carbocycles. The van der Waals surface area contributed by atoms with E-state index in [0.29, 0.717) is 33.5 Å². The fourth-order valence-corrected chi connectivity index (χ4v) is 4.51. The second-order valence-corrected chi connectivity index (χ2v) is 8.03. The minimum Gasteiger partial charge on any atom is -0.493 e. The largest absolute Gasteiger partial charge is 0.493 e. The molecule has 0 radical (unpaired) electrons. The van der Waals surface area contributed by atoms with Gasteiger partial charge in [-0.3, -0.25) is 10.1 Å². The smallest absolute Gasteiger partial charge is 0.257 e. The van der Waals surface area contributed by atoms with E-state index in [1.54, 1.807) is 7.11 Å². The summed E-state index contributed by atoms with van der Waals surface area (Å²) in [5.41, 5.74) is 4.71. The van der Waals surface area contributed by atoms with Crippen LogP contribution in [-0.4, -0.2) is 18.0 Å². The Morgan fingerprint density at radius 3 is 2.86 bits per heavy atom. The maximum absolute atomic E-state index is 12.7. The van der Waals surface area contributed by atoms with E-state index >= 15 is 0 Å². The molecule has 6 heteroatoms. The van der Waals surface area contributed by atoms with Crippen molar-refractivity contribution < 1.29 is 13.9 Å². The molecule has 5 rings (SSSR count). The van der Waals surface area contributed by atoms with Gasteiger partial charge in [0.25, 0.3) is 5.91 Å². The van der Waals surface area contributed by atoms with Crippen LogP contribution in [0.15, 0.2) is 52.3 Å². The number of fused-ring (bicyclic) bond motifs is 2. The number of carbonyl (C=O) groups excluding carboxylic acids is 1. The molecule has 0 unspecified atom stereocenters. The van der Waals surface area contributed by atoms with E-state index in [0.717, 1.165) is 18.2 Å². The van der Waals surface area contributed by atoms with Gasteiger partial charge in [-0.05, 0) is 61.1 Å². The molecule has 29 heavy (non-hydrogen) atoms. The van der Waals surface area contributed by atoms with Gasteiger partial charge in [0.2, 0.25) is 0 Å². The summed E-state index contributed by atoms with van der Waals surface area (Å²) in [5, 5.41) is 6.30. The van der Waals surface area contributed by atoms with Gasteiger partial charge in [0.15, 0.2) is 22.2 Å². The van der Waals surface area contributed by atoms with Crippen LogP contribution in [0.5, 0.6) is 5.75 Å². The first-order valence-electron chi connectivity index (χ1n) is 9.67. The van der Waals surface area contributed by atoms with E-state index < -0.39 is 0 Å². The number of benzene rings is 2. The molecule has 0 fully saturated rings. The van der Waals surface area contributed by atoms with Crippen LogP contribution in [0.25, 0.3) is 22.4 Å². The van der Waals surface area contributed by atoms with E-state index in [9.17, 15) is 4.79 Å². The molecule has 1 amide bonds. The zero-order valence-corrected chi connectivity index (χ0v) is 16.8. The number of aromatic nitrogens is 1. The number of nitrogens with zero attached hydrogens (tertiary/aromatic N) is 1. The number of thiazole rings is 1. The van der Waals surface area contributed by atoms with Crippen LogP contribution in [0.3, 0.4) is 0 Å². The predicted octanol–water partition coefficient (Wildman–Crippen LogP) is 5.70. The van der Waals surface area contributed by atoms with Crippen molar-refractivity contribution in [3.63, 3.8) is 0 Å². The van der Waals surface area contributed by atoms with Crippen LogP contribution in [0.4, 0.5) is 5.13 Å². The van der Waals surface area contributed by atoms with Crippen molar-refractivity contribution in [1.29, 1.82) is 0 Å². The third kappa shape index (κ3) is 3.40. The van der Waals surface area contributed by atoms with Crippen molar-refractivity contribution in [2.24, 2.45) is 0 Å². The van der Waals surface area contributed by atoms with Crippen molar-refractivity contribution in [1.82, 2.24) is 4.98 Å². The lowest BCUT2D eigenvalue weighted by atomic mass is 9.90. The highest BCUT2D eigenvalue weighted by atomic mass is 32.1. The standard InChI is InChI=1S/C23H20N2O3S/c1-27-19-8-4-7-16-12-20(28-21(16)19)18-13-29-23(24-18)25-22(26)17-10-9-14-5-2-3-6-15(14)11-17/h4,7-13H,2-3,5-6H2,1H3,(H,24,25,26). The van der Waals surface area contributed by atoms with Crippen LogP contribution in [0.1, 0.15) is 34.3 Å². The van der Waals surface area contributed by atoms with Gasteiger partial charge < -0.3 is 9.15 Å². The minimum atomic E-state index is -0.134. The second-order valence-electron chi connectivity index (χ2n) is 7.17. The van der Waals surface area contributed by atoms with Gasteiger partial charge in [0.1, 0.15) is 5.69 Å². The molecule has 1 N–H and O–H groups in total. The highest BCUT2D eigenvalue weighted by molar-refractivity contribution is 7.14. The first kappa shape index (κ1) is 17.9. The lowest BCUT2D eigenvalue weighted by Gasteiger charge is -2.16. The summed E-state index contributed by atoms with van der Waals surface area (Å²) in [6.07, 6.45) is 4.58. The number of para-hydroxylation sites is 1. The number of hydrogen-bond donors (Lipinski definition) is 1. The zero-order valence-electron chi connectivity index (χ0n) is 16.0. The predicted molar refractivity (Wildman–Crippen MR) is 115 cm³/mol. The molecule has 0 bridgehead atoms. The average Bonchev–Trinajstić information content (AvgIpc) is 3.40. The maximum atomic E-state index is 12.7. The number of ether oxygens (including phenoxy) is 1. The molecule has 0 saturated carbocycles. The van der Waals surface area contributed by atoms with Gasteiger partial charge in [-0.15, -0.1) is 11.3 Å². The van der Waals surface area contributed by atoms with E-state index in [-0.39, 0.29) is 5.91 Å². The molecular formula is C23H20N2O3S. The van der Waals surface area contributed by atoms with Crippen LogP contribution in [0.2, 0.25) is 0 Å². The first-order valence-corrected chi connectivity index (χ1v) is 10.5. The van der Waals surface area contributed by atoms with E-state index in [1.807, 2.05) is 41.8 Å². The number of nitrogens with one attached hydrogen (secondary N) is 1. The van der Waals surface area contributed by atoms with Gasteiger partial charge >= 0.3 is 0 Å². The normalized spacial score (nSPS) is 13.3. The number of methoxy groups -OCH3 is 1. The van der Waals surface area contributed by atoms with E-state index in [2.05, 4.69) is 16.4 Å². The molecule has 146 valence electrons. The second kappa shape index (κ2) is 7.37. The zero-order chi connectivity index (χ0) is 19.8. The van der Waals surface area contributed by atoms with Crippen molar-refractivity contribution in [3.8, 4) is 17.2 Å². The fourth-order valence-electron chi connectivity index (χ4n) is 3.81. The molecule has 4 aromatic rings. The van der Waals surface area contributed by atoms with Crippen LogP contribution in [-0.2, 0) is 12.8 Å². The van der Waals surface area contributed by atoms with Gasteiger partial charge in [-0.2, -0.15) is 0 Å². The number of anilines is 1. The van der Waals surface area contributed by atoms with E-state index in [1.165, 1.54) is 35.3 Å². The Hall–Kier alpha value is -3.12. The van der Waals surface area contributed by atoms with Crippen molar-refractivity contribution in [3.05, 3.63) is 64.5 Å². The molecular weight excluding hydrogens is 384 g/mol. The van der Waals surface area contributed by atoms with Gasteiger partial charge in [0.05, 0.1) is 7.11 Å². The molecule has 1 aliphatic carbocycles. The molecule has 0 saturated heterocycles. The van der Waals surface area contributed by atoms with E-state index in [4.69, 9.17) is 9.15 Å². The van der Waals surface area contributed by atoms with Gasteiger partial charge in [0, 0.05) is 16.3 Å². The number of hydrogen-bond acceptors (Lipinski definition) is 5. The number of aryl methyl sites for hydroxylation is 2. The number of carbonyl (C=O) groups is 1. The third-order valence-corrected chi connectivity index (χ3v) is 6.07. The van der Waals surface area contributed by atoms with Crippen LogP contribution >= 0.6 is 11.3 Å². The molecule has 0 aliphatic heterocycles. The highest BCUT2D eigenvalue weighted by Crippen LogP contribution is 2.34. The van der Waals surface area contributed by atoms with Crippen LogP contribution in [0, 0.1) is 0 Å². The molecule has 5 nitrogen and oxygen atoms in total. The molecule has 1 aliphatic rings. The SMILES string of the molecule is COc1cccc2cc(-c3csc(NC(=O)c4ccc5c(c4)CCCC5)n3)oc12. The quantitative estimate of drug-likeness (QED) is 0.474. The lowest BCUT2D eigenvalue weighted by molar-refractivity contribution is 0.102. The summed E-state index contributed by atoms with van der Waals surface area (Å²) < 4.78 is 11.3. The Morgan fingerprint density at radius 1 is 1.14 bits per heavy atom. The van der Waals surface area contributed by atoms with Crippen LogP contribution < -0.4 is 10.1 Å². The molecule has 2 aromatic heterocycles. The Kier molecular flexibility index (Phi) is 4.56. The summed E-state index contributed by atoms with van der Waals surface area (Å²) in [4.78, 5) is 17.2. The summed E-state index contributed by atoms with van der Waals surface area (Å²) in [6, 6.07) is 13.7. The Balaban J connectivity index is 1.37. The van der Waals surface area contributed by atoms with Crippen molar-refractivity contribution in [2.75, 3.05) is 12.4 Å². The summed E-state index contributed by atoms with van der Waals surface area (Å²) in [7, 11) is 1.62. The molecule has 0 spiro atoms. The first-order chi connectivity index (χ1) is 14.2. The monoisotopic (exact) mass is 404 g/mol. The highest BCUT2D eigenvalue weighted by Gasteiger charge is 2.16. The minimum absolute atomic E-state index is 0.134. The summed E-state index contributed by atoms with van der Waals surface area (Å²) in [6.45, 7) is 0. The average molecular weight is 404 g/mol. The van der Waals surface area contributed by atoms with Gasteiger partial charge in [-0.1, -0.05) is 18.2 Å². The van der Waals surface area contributed by atoms with Crippen molar-refractivity contribution in [2.45, 2.75) is 25.7 Å². The summed E-state index contributed by atoms with van der Waals surface area (Å²) >= 11 is 1.38. The summed E-state index contributed by atoms with van der Waals surface area (Å²) in [5.74, 6) is 1.20. The Bertz CT molecular complexity index is 1210. The Morgan fingerprint density at radius 2 is 2.00 bits per heavy atom.